The van der Waals surface area contributed by atoms with Gasteiger partial charge in [0.1, 0.15) is 0 Å². The zero-order valence-electron chi connectivity index (χ0n) is 34.0. The Labute approximate surface area is 377 Å². The molecule has 294 valence electrons. The molecule has 0 unspecified atom stereocenters. The molecular formula is C60H36S3. The number of thiophene rings is 3. The van der Waals surface area contributed by atoms with Gasteiger partial charge in [0, 0.05) is 48.0 Å². The molecule has 0 radical (unpaired) electrons. The van der Waals surface area contributed by atoms with E-state index in [0.29, 0.717) is 0 Å². The summed E-state index contributed by atoms with van der Waals surface area (Å²) in [5.41, 5.74) is 11.2. The summed E-state index contributed by atoms with van der Waals surface area (Å²) in [6, 6.07) is 74.9. The van der Waals surface area contributed by atoms with E-state index in [2.05, 4.69) is 216 Å². The molecule has 13 rings (SSSR count). The second-order valence-corrected chi connectivity index (χ2v) is 19.2. The van der Waals surface area contributed by atoms with Crippen molar-refractivity contribution in [1.29, 1.82) is 0 Å². The lowest BCUT2D eigenvalue weighted by Gasteiger charge is -2.15. The van der Waals surface area contributed by atoms with Crippen molar-refractivity contribution in [3.8, 4) is 64.7 Å². The van der Waals surface area contributed by atoms with Crippen molar-refractivity contribution in [2.45, 2.75) is 0 Å². The molecule has 0 saturated heterocycles. The van der Waals surface area contributed by atoms with Gasteiger partial charge >= 0.3 is 0 Å². The lowest BCUT2D eigenvalue weighted by atomic mass is 9.90. The number of hydrogen-bond acceptors (Lipinski definition) is 3. The van der Waals surface area contributed by atoms with Gasteiger partial charge in [-0.2, -0.15) is 0 Å². The van der Waals surface area contributed by atoms with Crippen LogP contribution in [0.4, 0.5) is 0 Å². The molecule has 0 bridgehead atoms. The molecule has 0 atom stereocenters. The van der Waals surface area contributed by atoms with Gasteiger partial charge in [-0.05, 0) is 170 Å². The van der Waals surface area contributed by atoms with Crippen molar-refractivity contribution >= 4 is 98.6 Å². The molecule has 0 fully saturated rings. The maximum absolute atomic E-state index is 2.44. The summed E-state index contributed by atoms with van der Waals surface area (Å²) in [5, 5.41) is 22.0. The molecule has 63 heavy (non-hydrogen) atoms. The van der Waals surface area contributed by atoms with Crippen LogP contribution < -0.4 is 0 Å². The monoisotopic (exact) mass is 852 g/mol. The molecule has 10 aromatic carbocycles. The average molecular weight is 853 g/mol. The molecule has 0 spiro atoms. The highest BCUT2D eigenvalue weighted by Crippen LogP contribution is 2.48. The van der Waals surface area contributed by atoms with Crippen LogP contribution in [0.2, 0.25) is 0 Å². The smallest absolute Gasteiger partial charge is 0.0427 e. The number of benzene rings is 10. The Morgan fingerprint density at radius 3 is 0.778 bits per heavy atom. The number of fused-ring (bicyclic) bond motifs is 6. The Morgan fingerprint density at radius 2 is 0.476 bits per heavy atom. The first-order valence-corrected chi connectivity index (χ1v) is 24.0. The molecule has 3 heteroatoms. The molecule has 0 saturated carbocycles. The fourth-order valence-electron chi connectivity index (χ4n) is 9.82. The predicted octanol–water partition coefficient (Wildman–Crippen LogP) is 18.8. The summed E-state index contributed by atoms with van der Waals surface area (Å²) < 4.78 is 0. The third kappa shape index (κ3) is 6.15. The summed E-state index contributed by atoms with van der Waals surface area (Å²) >= 11 is 5.50. The molecular weight excluding hydrogens is 817 g/mol. The third-order valence-corrected chi connectivity index (χ3v) is 15.7. The minimum atomic E-state index is 1.22. The summed E-state index contributed by atoms with van der Waals surface area (Å²) in [4.78, 5) is 3.87. The highest BCUT2D eigenvalue weighted by atomic mass is 32.1. The van der Waals surface area contributed by atoms with E-state index >= 15 is 0 Å². The number of rotatable bonds is 6. The van der Waals surface area contributed by atoms with E-state index in [0.717, 1.165) is 0 Å². The zero-order chi connectivity index (χ0) is 41.4. The SMILES string of the molecule is c1ccc2cc3c(-c4sccc4-c4cc(-c5ccsc5-c5cccc6cc7ccccc7cc56)cc(-c5ccsc5-c5cccc6cc7ccccc7cc56)c4)cccc3cc2c1. The number of hydrogen-bond donors (Lipinski definition) is 0. The second kappa shape index (κ2) is 14.8. The molecule has 0 nitrogen and oxygen atoms in total. The van der Waals surface area contributed by atoms with Crippen molar-refractivity contribution < 1.29 is 0 Å². The molecule has 0 N–H and O–H groups in total. The van der Waals surface area contributed by atoms with Gasteiger partial charge in [0.05, 0.1) is 0 Å². The van der Waals surface area contributed by atoms with Crippen molar-refractivity contribution in [2.24, 2.45) is 0 Å². The van der Waals surface area contributed by atoms with Crippen LogP contribution in [0.15, 0.2) is 216 Å². The highest BCUT2D eigenvalue weighted by Gasteiger charge is 2.20. The van der Waals surface area contributed by atoms with E-state index in [1.807, 2.05) is 34.0 Å². The van der Waals surface area contributed by atoms with Crippen LogP contribution in [-0.2, 0) is 0 Å². The summed E-state index contributed by atoms with van der Waals surface area (Å²) in [5.74, 6) is 0. The van der Waals surface area contributed by atoms with Crippen molar-refractivity contribution in [3.05, 3.63) is 216 Å². The predicted molar refractivity (Wildman–Crippen MR) is 278 cm³/mol. The first-order valence-electron chi connectivity index (χ1n) is 21.3. The maximum Gasteiger partial charge on any atom is 0.0427 e. The van der Waals surface area contributed by atoms with Crippen LogP contribution in [0.5, 0.6) is 0 Å². The fraction of sp³-hybridized carbons (Fsp3) is 0. The van der Waals surface area contributed by atoms with Gasteiger partial charge in [0.25, 0.3) is 0 Å². The Morgan fingerprint density at radius 1 is 0.206 bits per heavy atom. The van der Waals surface area contributed by atoms with Gasteiger partial charge in [0.2, 0.25) is 0 Å². The molecule has 3 aromatic heterocycles. The van der Waals surface area contributed by atoms with Crippen molar-refractivity contribution in [2.75, 3.05) is 0 Å². The van der Waals surface area contributed by atoms with Gasteiger partial charge in [0.15, 0.2) is 0 Å². The van der Waals surface area contributed by atoms with E-state index in [1.165, 1.54) is 129 Å². The molecule has 3 heterocycles. The quantitative estimate of drug-likeness (QED) is 0.146. The van der Waals surface area contributed by atoms with Gasteiger partial charge in [-0.1, -0.05) is 127 Å². The largest absolute Gasteiger partial charge is 0.143 e. The minimum absolute atomic E-state index is 1.22. The van der Waals surface area contributed by atoms with E-state index in [-0.39, 0.29) is 0 Å². The average Bonchev–Trinajstić information content (AvgIpc) is 4.14. The Balaban J connectivity index is 1.03. The fourth-order valence-corrected chi connectivity index (χ4v) is 12.7. The first-order chi connectivity index (χ1) is 31.2. The van der Waals surface area contributed by atoms with E-state index in [9.17, 15) is 0 Å². The Kier molecular flexibility index (Phi) is 8.55. The highest BCUT2D eigenvalue weighted by molar-refractivity contribution is 7.15. The van der Waals surface area contributed by atoms with Gasteiger partial charge in [-0.3, -0.25) is 0 Å². The lowest BCUT2D eigenvalue weighted by Crippen LogP contribution is -1.89. The molecule has 0 aliphatic rings. The Hall–Kier alpha value is -7.14. The van der Waals surface area contributed by atoms with E-state index in [1.54, 1.807) is 0 Å². The van der Waals surface area contributed by atoms with E-state index in [4.69, 9.17) is 0 Å². The standard InChI is InChI=1S/C60H36S3/c1-4-13-40-34-55-43(28-37(40)10-1)16-7-19-52(55)58-49(22-25-61-58)46-31-47(50-23-26-62-59(50)53-20-8-17-44-29-38-11-2-5-14-41(38)35-56(44)53)33-48(32-46)51-24-27-63-60(51)54-21-9-18-45-30-39-12-3-6-15-42(39)36-57(45)54/h1-36H. The van der Waals surface area contributed by atoms with Crippen LogP contribution in [0, 0.1) is 0 Å². The van der Waals surface area contributed by atoms with Gasteiger partial charge in [-0.25, -0.2) is 0 Å². The van der Waals surface area contributed by atoms with Gasteiger partial charge in [-0.15, -0.1) is 34.0 Å². The minimum Gasteiger partial charge on any atom is -0.143 e. The van der Waals surface area contributed by atoms with Crippen LogP contribution in [0.25, 0.3) is 129 Å². The van der Waals surface area contributed by atoms with Gasteiger partial charge < -0.3 is 0 Å². The van der Waals surface area contributed by atoms with E-state index < -0.39 is 0 Å². The van der Waals surface area contributed by atoms with Crippen LogP contribution in [0.3, 0.4) is 0 Å². The Bertz CT molecular complexity index is 3510. The maximum atomic E-state index is 2.44. The van der Waals surface area contributed by atoms with Crippen molar-refractivity contribution in [3.63, 3.8) is 0 Å². The summed E-state index contributed by atoms with van der Waals surface area (Å²) in [6.45, 7) is 0. The summed E-state index contributed by atoms with van der Waals surface area (Å²) in [6.07, 6.45) is 0. The van der Waals surface area contributed by atoms with Crippen LogP contribution in [0.1, 0.15) is 0 Å². The zero-order valence-corrected chi connectivity index (χ0v) is 36.5. The van der Waals surface area contributed by atoms with Crippen molar-refractivity contribution in [1.82, 2.24) is 0 Å². The van der Waals surface area contributed by atoms with Crippen LogP contribution in [-0.4, -0.2) is 0 Å². The molecule has 0 aliphatic heterocycles. The molecule has 0 amide bonds. The first kappa shape index (κ1) is 36.5. The normalized spacial score (nSPS) is 11.8. The molecule has 13 aromatic rings. The summed E-state index contributed by atoms with van der Waals surface area (Å²) in [7, 11) is 0. The second-order valence-electron chi connectivity index (χ2n) is 16.5. The van der Waals surface area contributed by atoms with Crippen LogP contribution >= 0.6 is 34.0 Å². The third-order valence-electron chi connectivity index (χ3n) is 12.8. The molecule has 0 aliphatic carbocycles. The lowest BCUT2D eigenvalue weighted by molar-refractivity contribution is 1.62. The topological polar surface area (TPSA) is 0 Å².